The Balaban J connectivity index is 2.51. The summed E-state index contributed by atoms with van der Waals surface area (Å²) >= 11 is 0. The van der Waals surface area contributed by atoms with Crippen LogP contribution >= 0.6 is 0 Å². The van der Waals surface area contributed by atoms with Crippen LogP contribution in [0.1, 0.15) is 12.0 Å². The summed E-state index contributed by atoms with van der Waals surface area (Å²) in [5.41, 5.74) is 1.00. The van der Waals surface area contributed by atoms with E-state index in [4.69, 9.17) is 8.92 Å². The van der Waals surface area contributed by atoms with Gasteiger partial charge in [-0.25, -0.2) is 0 Å². The van der Waals surface area contributed by atoms with Crippen molar-refractivity contribution in [2.75, 3.05) is 13.2 Å². The molecule has 94 valence electrons. The number of aryl methyl sites for hydroxylation is 1. The number of hydrogen-bond donors (Lipinski definition) is 0. The van der Waals surface area contributed by atoms with E-state index in [9.17, 15) is 8.42 Å². The lowest BCUT2D eigenvalue weighted by Crippen LogP contribution is -2.08. The molecule has 0 spiro atoms. The Labute approximate surface area is 102 Å². The summed E-state index contributed by atoms with van der Waals surface area (Å²) < 4.78 is 33.1. The molecule has 5 heteroatoms. The van der Waals surface area contributed by atoms with Crippen LogP contribution in [0, 0.1) is 6.92 Å². The summed E-state index contributed by atoms with van der Waals surface area (Å²) in [7, 11) is -3.65. The van der Waals surface area contributed by atoms with Crippen LogP contribution in [0.5, 0.6) is 0 Å². The van der Waals surface area contributed by atoms with Crippen molar-refractivity contribution in [2.24, 2.45) is 0 Å². The summed E-state index contributed by atoms with van der Waals surface area (Å²) in [6.07, 6.45) is 1.81. The number of ether oxygens (including phenoxy) is 1. The molecule has 17 heavy (non-hydrogen) atoms. The average Bonchev–Trinajstić information content (AvgIpc) is 2.29. The highest BCUT2D eigenvalue weighted by molar-refractivity contribution is 7.86. The lowest BCUT2D eigenvalue weighted by atomic mass is 10.2. The van der Waals surface area contributed by atoms with E-state index < -0.39 is 10.1 Å². The molecule has 0 amide bonds. The number of rotatable bonds is 7. The fraction of sp³-hybridized carbons (Fsp3) is 0.333. The number of benzene rings is 1. The Morgan fingerprint density at radius 2 is 1.88 bits per heavy atom. The van der Waals surface area contributed by atoms with Gasteiger partial charge < -0.3 is 4.74 Å². The molecule has 0 atom stereocenters. The predicted molar refractivity (Wildman–Crippen MR) is 65.1 cm³/mol. The van der Waals surface area contributed by atoms with Crippen molar-refractivity contribution in [3.8, 4) is 0 Å². The molecule has 0 saturated heterocycles. The Morgan fingerprint density at radius 3 is 2.47 bits per heavy atom. The minimum atomic E-state index is -3.65. The van der Waals surface area contributed by atoms with Gasteiger partial charge in [-0.1, -0.05) is 24.3 Å². The van der Waals surface area contributed by atoms with E-state index in [2.05, 4.69) is 6.58 Å². The average molecular weight is 256 g/mol. The lowest BCUT2D eigenvalue weighted by Gasteiger charge is -2.05. The van der Waals surface area contributed by atoms with Gasteiger partial charge in [-0.15, -0.1) is 0 Å². The van der Waals surface area contributed by atoms with Crippen molar-refractivity contribution >= 4 is 10.1 Å². The molecule has 0 aliphatic heterocycles. The van der Waals surface area contributed by atoms with Crippen molar-refractivity contribution < 1.29 is 17.3 Å². The quantitative estimate of drug-likeness (QED) is 0.426. The van der Waals surface area contributed by atoms with Gasteiger partial charge in [0.2, 0.25) is 0 Å². The Hall–Kier alpha value is -1.33. The molecular weight excluding hydrogens is 240 g/mol. The van der Waals surface area contributed by atoms with Crippen LogP contribution in [0.25, 0.3) is 0 Å². The van der Waals surface area contributed by atoms with Gasteiger partial charge in [0, 0.05) is 6.42 Å². The Kier molecular flexibility index (Phi) is 5.18. The van der Waals surface area contributed by atoms with Gasteiger partial charge in [0.1, 0.15) is 0 Å². The van der Waals surface area contributed by atoms with E-state index in [0.29, 0.717) is 13.0 Å². The molecule has 0 N–H and O–H groups in total. The van der Waals surface area contributed by atoms with Gasteiger partial charge in [-0.05, 0) is 19.1 Å². The zero-order valence-electron chi connectivity index (χ0n) is 9.76. The first-order valence-electron chi connectivity index (χ1n) is 5.25. The summed E-state index contributed by atoms with van der Waals surface area (Å²) in [6, 6.07) is 6.53. The predicted octanol–water partition coefficient (Wildman–Crippen LogP) is 2.25. The molecule has 0 bridgehead atoms. The molecular formula is C12H16O4S. The van der Waals surface area contributed by atoms with E-state index in [-0.39, 0.29) is 11.5 Å². The highest BCUT2D eigenvalue weighted by Crippen LogP contribution is 2.13. The second-order valence-electron chi connectivity index (χ2n) is 3.48. The van der Waals surface area contributed by atoms with Gasteiger partial charge in [0.15, 0.2) is 0 Å². The summed E-state index contributed by atoms with van der Waals surface area (Å²) in [4.78, 5) is 0.174. The fourth-order valence-electron chi connectivity index (χ4n) is 1.17. The molecule has 4 nitrogen and oxygen atoms in total. The van der Waals surface area contributed by atoms with E-state index in [1.54, 1.807) is 12.1 Å². The standard InChI is InChI=1S/C12H16O4S/c1-3-15-9-4-10-16-17(13,14)12-7-5-11(2)6-8-12/h3,5-8H,1,4,9-10H2,2H3. The highest BCUT2D eigenvalue weighted by atomic mass is 32.2. The van der Waals surface area contributed by atoms with Crippen LogP contribution in [0.4, 0.5) is 0 Å². The van der Waals surface area contributed by atoms with Crippen LogP contribution in [0.3, 0.4) is 0 Å². The zero-order chi connectivity index (χ0) is 12.7. The first kappa shape index (κ1) is 13.7. The maximum Gasteiger partial charge on any atom is 0.296 e. The molecule has 0 aromatic heterocycles. The maximum absolute atomic E-state index is 11.7. The van der Waals surface area contributed by atoms with E-state index in [1.807, 2.05) is 6.92 Å². The van der Waals surface area contributed by atoms with Gasteiger partial charge in [0.05, 0.1) is 24.4 Å². The number of hydrogen-bond acceptors (Lipinski definition) is 4. The van der Waals surface area contributed by atoms with Gasteiger partial charge >= 0.3 is 0 Å². The van der Waals surface area contributed by atoms with Crippen LogP contribution < -0.4 is 0 Å². The van der Waals surface area contributed by atoms with E-state index in [0.717, 1.165) is 5.56 Å². The monoisotopic (exact) mass is 256 g/mol. The minimum Gasteiger partial charge on any atom is -0.502 e. The largest absolute Gasteiger partial charge is 0.502 e. The summed E-state index contributed by atoms with van der Waals surface area (Å²) in [5.74, 6) is 0. The summed E-state index contributed by atoms with van der Waals surface area (Å²) in [5, 5.41) is 0. The smallest absolute Gasteiger partial charge is 0.296 e. The topological polar surface area (TPSA) is 52.6 Å². The van der Waals surface area contributed by atoms with E-state index >= 15 is 0 Å². The van der Waals surface area contributed by atoms with E-state index in [1.165, 1.54) is 18.4 Å². The van der Waals surface area contributed by atoms with Gasteiger partial charge in [-0.3, -0.25) is 4.18 Å². The molecule has 0 aliphatic carbocycles. The SMILES string of the molecule is C=COCCCOS(=O)(=O)c1ccc(C)cc1. The third-order valence-corrected chi connectivity index (χ3v) is 3.40. The van der Waals surface area contributed by atoms with Crippen molar-refractivity contribution in [3.05, 3.63) is 42.7 Å². The molecule has 1 aromatic rings. The third-order valence-electron chi connectivity index (χ3n) is 2.07. The second kappa shape index (κ2) is 6.42. The maximum atomic E-state index is 11.7. The van der Waals surface area contributed by atoms with Crippen molar-refractivity contribution in [1.82, 2.24) is 0 Å². The Morgan fingerprint density at radius 1 is 1.24 bits per heavy atom. The molecule has 0 heterocycles. The molecule has 1 rings (SSSR count). The first-order chi connectivity index (χ1) is 8.06. The molecule has 0 unspecified atom stereocenters. The molecule has 0 saturated carbocycles. The summed E-state index contributed by atoms with van der Waals surface area (Å²) in [6.45, 7) is 5.77. The molecule has 0 radical (unpaired) electrons. The first-order valence-corrected chi connectivity index (χ1v) is 6.66. The van der Waals surface area contributed by atoms with Crippen LogP contribution in [0.2, 0.25) is 0 Å². The molecule has 0 fully saturated rings. The van der Waals surface area contributed by atoms with Crippen LogP contribution in [0.15, 0.2) is 42.0 Å². The van der Waals surface area contributed by atoms with Crippen molar-refractivity contribution in [2.45, 2.75) is 18.2 Å². The highest BCUT2D eigenvalue weighted by Gasteiger charge is 2.14. The van der Waals surface area contributed by atoms with Gasteiger partial charge in [0.25, 0.3) is 10.1 Å². The van der Waals surface area contributed by atoms with Crippen LogP contribution in [-0.2, 0) is 19.0 Å². The Bertz CT molecular complexity index is 448. The second-order valence-corrected chi connectivity index (χ2v) is 5.10. The van der Waals surface area contributed by atoms with Crippen LogP contribution in [-0.4, -0.2) is 21.6 Å². The zero-order valence-corrected chi connectivity index (χ0v) is 10.6. The fourth-order valence-corrected chi connectivity index (χ4v) is 2.11. The van der Waals surface area contributed by atoms with Crippen molar-refractivity contribution in [1.29, 1.82) is 0 Å². The third kappa shape index (κ3) is 4.58. The molecule has 0 aliphatic rings. The van der Waals surface area contributed by atoms with Crippen molar-refractivity contribution in [3.63, 3.8) is 0 Å². The normalized spacial score (nSPS) is 11.1. The minimum absolute atomic E-state index is 0.101. The molecule has 1 aromatic carbocycles. The lowest BCUT2D eigenvalue weighted by molar-refractivity contribution is 0.212. The van der Waals surface area contributed by atoms with Gasteiger partial charge in [-0.2, -0.15) is 8.42 Å².